The van der Waals surface area contributed by atoms with Gasteiger partial charge in [-0.3, -0.25) is 9.59 Å². The molecule has 2 aliphatic rings. The first-order chi connectivity index (χ1) is 12.8. The molecule has 0 aliphatic heterocycles. The third-order valence-corrected chi connectivity index (χ3v) is 6.25. The summed E-state index contributed by atoms with van der Waals surface area (Å²) in [5.41, 5.74) is 7.49. The topological polar surface area (TPSA) is 34.1 Å². The number of ketones is 2. The maximum absolute atomic E-state index is 12.9. The van der Waals surface area contributed by atoms with Crippen LogP contribution in [0.25, 0.3) is 21.9 Å². The zero-order valence-corrected chi connectivity index (χ0v) is 15.9. The number of carbonyl (C=O) groups excluding carboxylic acids is 2. The number of rotatable bonds is 0. The van der Waals surface area contributed by atoms with Crippen molar-refractivity contribution in [3.8, 4) is 11.1 Å². The highest BCUT2D eigenvalue weighted by Crippen LogP contribution is 2.54. The van der Waals surface area contributed by atoms with Crippen molar-refractivity contribution in [2.45, 2.75) is 33.1 Å². The molecule has 0 bridgehead atoms. The van der Waals surface area contributed by atoms with Gasteiger partial charge in [0.1, 0.15) is 0 Å². The van der Waals surface area contributed by atoms with E-state index in [1.165, 1.54) is 28.7 Å². The number of hydrogen-bond donors (Lipinski definition) is 0. The quantitative estimate of drug-likeness (QED) is 0.520. The van der Waals surface area contributed by atoms with E-state index in [1.54, 1.807) is 0 Å². The fraction of sp³-hybridized carbons (Fsp3) is 0.200. The second kappa shape index (κ2) is 5.04. The predicted octanol–water partition coefficient (Wildman–Crippen LogP) is 5.70. The lowest BCUT2D eigenvalue weighted by atomic mass is 9.79. The van der Waals surface area contributed by atoms with Crippen LogP contribution in [0.1, 0.15) is 56.8 Å². The molecule has 3 aromatic carbocycles. The molecule has 0 heterocycles. The van der Waals surface area contributed by atoms with Gasteiger partial charge in [0, 0.05) is 16.5 Å². The molecule has 0 fully saturated rings. The molecule has 2 nitrogen and oxygen atoms in total. The normalized spacial score (nSPS) is 16.4. The Balaban J connectivity index is 2.05. The number of aryl methyl sites for hydroxylation is 2. The Labute approximate surface area is 158 Å². The Hall–Kier alpha value is -3.00. The summed E-state index contributed by atoms with van der Waals surface area (Å²) >= 11 is 0. The van der Waals surface area contributed by atoms with Gasteiger partial charge in [-0.15, -0.1) is 0 Å². The van der Waals surface area contributed by atoms with Crippen molar-refractivity contribution in [1.29, 1.82) is 0 Å². The van der Waals surface area contributed by atoms with E-state index in [9.17, 15) is 9.59 Å². The molecule has 0 saturated heterocycles. The van der Waals surface area contributed by atoms with Crippen molar-refractivity contribution < 1.29 is 9.59 Å². The van der Waals surface area contributed by atoms with E-state index in [4.69, 9.17) is 0 Å². The maximum atomic E-state index is 12.9. The van der Waals surface area contributed by atoms with Crippen LogP contribution in [0.5, 0.6) is 0 Å². The molecule has 0 radical (unpaired) electrons. The van der Waals surface area contributed by atoms with E-state index >= 15 is 0 Å². The summed E-state index contributed by atoms with van der Waals surface area (Å²) < 4.78 is 0. The molecular formula is C25H20O2. The minimum absolute atomic E-state index is 0.0714. The van der Waals surface area contributed by atoms with Crippen LogP contribution in [-0.2, 0) is 5.41 Å². The molecule has 0 spiro atoms. The number of fused-ring (bicyclic) bond motifs is 7. The Bertz CT molecular complexity index is 1240. The van der Waals surface area contributed by atoms with Gasteiger partial charge in [0.15, 0.2) is 11.6 Å². The first-order valence-electron chi connectivity index (χ1n) is 9.30. The molecule has 0 atom stereocenters. The minimum atomic E-state index is -0.219. The fourth-order valence-electron chi connectivity index (χ4n) is 4.92. The number of carbonyl (C=O) groups is 2. The van der Waals surface area contributed by atoms with E-state index in [-0.39, 0.29) is 17.0 Å². The molecular weight excluding hydrogens is 332 g/mol. The number of hydrogen-bond acceptors (Lipinski definition) is 2. The standard InChI is InChI=1S/C25H20O2/c1-13-11-17-22(16-8-6-5-7-15(13)16)23-18(25(17,3)4)12-14(2)21-19(26)9-10-20(27)24(21)23/h5-12H,1-4H3. The molecule has 27 heavy (non-hydrogen) atoms. The summed E-state index contributed by atoms with van der Waals surface area (Å²) in [6, 6.07) is 12.7. The second-order valence-electron chi connectivity index (χ2n) is 8.21. The van der Waals surface area contributed by atoms with Crippen molar-refractivity contribution in [3.05, 3.63) is 81.9 Å². The van der Waals surface area contributed by atoms with Crippen LogP contribution in [-0.4, -0.2) is 11.6 Å². The lowest BCUT2D eigenvalue weighted by molar-refractivity contribution is 0.0994. The molecule has 0 N–H and O–H groups in total. The average Bonchev–Trinajstić information content (AvgIpc) is 2.86. The SMILES string of the molecule is Cc1cc2c(c3c1C(=O)C=CC3=O)-c1c(cc(C)c3ccccc13)C2(C)C. The van der Waals surface area contributed by atoms with Gasteiger partial charge < -0.3 is 0 Å². The molecule has 132 valence electrons. The van der Waals surface area contributed by atoms with Crippen molar-refractivity contribution in [3.63, 3.8) is 0 Å². The lowest BCUT2D eigenvalue weighted by Crippen LogP contribution is -2.19. The molecule has 0 unspecified atom stereocenters. The van der Waals surface area contributed by atoms with Crippen LogP contribution in [0.3, 0.4) is 0 Å². The third-order valence-electron chi connectivity index (χ3n) is 6.25. The molecule has 0 saturated carbocycles. The van der Waals surface area contributed by atoms with Crippen LogP contribution in [0.4, 0.5) is 0 Å². The van der Waals surface area contributed by atoms with Gasteiger partial charge in [-0.25, -0.2) is 0 Å². The van der Waals surface area contributed by atoms with Gasteiger partial charge in [0.25, 0.3) is 0 Å². The zero-order valence-electron chi connectivity index (χ0n) is 15.9. The molecule has 5 rings (SSSR count). The summed E-state index contributed by atoms with van der Waals surface area (Å²) in [5, 5.41) is 2.35. The largest absolute Gasteiger partial charge is 0.289 e. The zero-order chi connectivity index (χ0) is 19.1. The van der Waals surface area contributed by atoms with Crippen LogP contribution in [0.2, 0.25) is 0 Å². The summed E-state index contributed by atoms with van der Waals surface area (Å²) in [5.74, 6) is -0.148. The monoisotopic (exact) mass is 352 g/mol. The third kappa shape index (κ3) is 1.90. The summed E-state index contributed by atoms with van der Waals surface area (Å²) in [6.45, 7) is 8.50. The maximum Gasteiger partial charge on any atom is 0.187 e. The van der Waals surface area contributed by atoms with Gasteiger partial charge in [-0.05, 0) is 70.2 Å². The van der Waals surface area contributed by atoms with Gasteiger partial charge in [-0.2, -0.15) is 0 Å². The first-order valence-corrected chi connectivity index (χ1v) is 9.30. The minimum Gasteiger partial charge on any atom is -0.289 e. The summed E-state index contributed by atoms with van der Waals surface area (Å²) in [7, 11) is 0. The van der Waals surface area contributed by atoms with Crippen LogP contribution in [0.15, 0.2) is 48.6 Å². The van der Waals surface area contributed by atoms with E-state index in [2.05, 4.69) is 45.0 Å². The Kier molecular flexibility index (Phi) is 3.02. The average molecular weight is 352 g/mol. The van der Waals surface area contributed by atoms with Crippen molar-refractivity contribution in [2.24, 2.45) is 0 Å². The highest BCUT2D eigenvalue weighted by molar-refractivity contribution is 6.26. The van der Waals surface area contributed by atoms with Gasteiger partial charge in [0.2, 0.25) is 0 Å². The van der Waals surface area contributed by atoms with E-state index in [1.807, 2.05) is 19.1 Å². The molecule has 2 heteroatoms. The van der Waals surface area contributed by atoms with E-state index in [0.717, 1.165) is 27.6 Å². The van der Waals surface area contributed by atoms with E-state index in [0.29, 0.717) is 11.1 Å². The van der Waals surface area contributed by atoms with Crippen molar-refractivity contribution >= 4 is 22.3 Å². The van der Waals surface area contributed by atoms with E-state index < -0.39 is 0 Å². The first kappa shape index (κ1) is 16.2. The van der Waals surface area contributed by atoms with Crippen molar-refractivity contribution in [1.82, 2.24) is 0 Å². The highest BCUT2D eigenvalue weighted by Gasteiger charge is 2.41. The van der Waals surface area contributed by atoms with Crippen LogP contribution < -0.4 is 0 Å². The van der Waals surface area contributed by atoms with Gasteiger partial charge in [0.05, 0.1) is 0 Å². The number of allylic oxidation sites excluding steroid dienone is 2. The molecule has 2 aliphatic carbocycles. The van der Waals surface area contributed by atoms with Gasteiger partial charge in [-0.1, -0.05) is 50.2 Å². The van der Waals surface area contributed by atoms with Crippen molar-refractivity contribution in [2.75, 3.05) is 0 Å². The number of benzene rings is 3. The van der Waals surface area contributed by atoms with Gasteiger partial charge >= 0.3 is 0 Å². The lowest BCUT2D eigenvalue weighted by Gasteiger charge is -2.24. The Morgan fingerprint density at radius 3 is 1.93 bits per heavy atom. The van der Waals surface area contributed by atoms with Crippen LogP contribution in [0, 0.1) is 13.8 Å². The molecule has 0 aromatic heterocycles. The predicted molar refractivity (Wildman–Crippen MR) is 109 cm³/mol. The summed E-state index contributed by atoms with van der Waals surface area (Å²) in [4.78, 5) is 25.5. The Morgan fingerprint density at radius 2 is 1.22 bits per heavy atom. The van der Waals surface area contributed by atoms with Crippen LogP contribution >= 0.6 is 0 Å². The second-order valence-corrected chi connectivity index (χ2v) is 8.21. The Morgan fingerprint density at radius 1 is 0.667 bits per heavy atom. The molecule has 0 amide bonds. The smallest absolute Gasteiger partial charge is 0.187 e. The highest BCUT2D eigenvalue weighted by atomic mass is 16.1. The fourth-order valence-corrected chi connectivity index (χ4v) is 4.92. The summed E-state index contributed by atoms with van der Waals surface area (Å²) in [6.07, 6.45) is 2.82. The molecule has 3 aromatic rings.